The summed E-state index contributed by atoms with van der Waals surface area (Å²) in [6, 6.07) is 9.61. The number of benzene rings is 1. The summed E-state index contributed by atoms with van der Waals surface area (Å²) in [5, 5.41) is 28.3. The Hall–Kier alpha value is -1.69. The van der Waals surface area contributed by atoms with E-state index >= 15 is 0 Å². The van der Waals surface area contributed by atoms with E-state index in [4.69, 9.17) is 9.84 Å². The molecule has 3 N–H and O–H groups in total. The molecule has 0 aliphatic rings. The van der Waals surface area contributed by atoms with Gasteiger partial charge in [0.1, 0.15) is 0 Å². The molecule has 5 nitrogen and oxygen atoms in total. The SMILES string of the molecule is COC(CC(C)C(O)C(O)C=CC(=O)O)c1ccccc1. The highest BCUT2D eigenvalue weighted by Gasteiger charge is 2.24. The molecule has 4 unspecified atom stereocenters. The third kappa shape index (κ3) is 5.67. The Morgan fingerprint density at radius 3 is 2.43 bits per heavy atom. The van der Waals surface area contributed by atoms with Gasteiger partial charge in [-0.1, -0.05) is 37.3 Å². The molecule has 0 aliphatic carbocycles. The number of ether oxygens (including phenoxy) is 1. The van der Waals surface area contributed by atoms with E-state index in [1.807, 2.05) is 30.3 Å². The van der Waals surface area contributed by atoms with Crippen LogP contribution in [-0.4, -0.2) is 40.6 Å². The number of carbonyl (C=O) groups is 1. The first-order valence-electron chi connectivity index (χ1n) is 6.80. The van der Waals surface area contributed by atoms with Crippen molar-refractivity contribution in [3.63, 3.8) is 0 Å². The summed E-state index contributed by atoms with van der Waals surface area (Å²) in [6.45, 7) is 1.79. The number of methoxy groups -OCH3 is 1. The van der Waals surface area contributed by atoms with Crippen LogP contribution < -0.4 is 0 Å². The van der Waals surface area contributed by atoms with Crippen LogP contribution in [0.25, 0.3) is 0 Å². The topological polar surface area (TPSA) is 87.0 Å². The fourth-order valence-electron chi connectivity index (χ4n) is 2.14. The molecule has 0 saturated carbocycles. The van der Waals surface area contributed by atoms with Crippen LogP contribution in [0.3, 0.4) is 0 Å². The van der Waals surface area contributed by atoms with E-state index in [-0.39, 0.29) is 12.0 Å². The van der Waals surface area contributed by atoms with Crippen LogP contribution in [0.2, 0.25) is 0 Å². The zero-order chi connectivity index (χ0) is 15.8. The molecular weight excluding hydrogens is 272 g/mol. The third-order valence-electron chi connectivity index (χ3n) is 3.41. The predicted molar refractivity (Wildman–Crippen MR) is 78.8 cm³/mol. The monoisotopic (exact) mass is 294 g/mol. The van der Waals surface area contributed by atoms with Gasteiger partial charge in [0, 0.05) is 13.2 Å². The quantitative estimate of drug-likeness (QED) is 0.636. The standard InChI is InChI=1S/C16H22O5/c1-11(16(20)13(17)8-9-15(18)19)10-14(21-2)12-6-4-3-5-7-12/h3-9,11,13-14,16-17,20H,10H2,1-2H3,(H,18,19). The molecule has 0 aliphatic heterocycles. The van der Waals surface area contributed by atoms with Gasteiger partial charge in [-0.2, -0.15) is 0 Å². The Morgan fingerprint density at radius 2 is 1.90 bits per heavy atom. The van der Waals surface area contributed by atoms with E-state index in [1.54, 1.807) is 14.0 Å². The Balaban J connectivity index is 2.65. The molecule has 0 bridgehead atoms. The lowest BCUT2D eigenvalue weighted by atomic mass is 9.91. The number of hydrogen-bond acceptors (Lipinski definition) is 4. The number of aliphatic hydroxyl groups is 2. The van der Waals surface area contributed by atoms with Gasteiger partial charge in [0.2, 0.25) is 0 Å². The van der Waals surface area contributed by atoms with Crippen LogP contribution in [0.15, 0.2) is 42.5 Å². The molecule has 0 radical (unpaired) electrons. The number of rotatable bonds is 8. The first kappa shape index (κ1) is 17.4. The Morgan fingerprint density at radius 1 is 1.29 bits per heavy atom. The van der Waals surface area contributed by atoms with Gasteiger partial charge in [0.05, 0.1) is 18.3 Å². The van der Waals surface area contributed by atoms with Crippen LogP contribution in [0.4, 0.5) is 0 Å². The average Bonchev–Trinajstić information content (AvgIpc) is 2.49. The second-order valence-electron chi connectivity index (χ2n) is 5.03. The van der Waals surface area contributed by atoms with E-state index in [0.717, 1.165) is 17.7 Å². The minimum absolute atomic E-state index is 0.188. The zero-order valence-electron chi connectivity index (χ0n) is 12.2. The lowest BCUT2D eigenvalue weighted by molar-refractivity contribution is -0.131. The predicted octanol–water partition coefficient (Wildman–Crippen LogP) is 1.76. The van der Waals surface area contributed by atoms with Crippen molar-refractivity contribution in [3.05, 3.63) is 48.0 Å². The molecule has 1 rings (SSSR count). The molecule has 5 heteroatoms. The van der Waals surface area contributed by atoms with E-state index < -0.39 is 18.2 Å². The largest absolute Gasteiger partial charge is 0.478 e. The molecular formula is C16H22O5. The lowest BCUT2D eigenvalue weighted by Crippen LogP contribution is -2.32. The first-order valence-corrected chi connectivity index (χ1v) is 6.80. The highest BCUT2D eigenvalue weighted by atomic mass is 16.5. The molecule has 0 aromatic heterocycles. The molecule has 4 atom stereocenters. The van der Waals surface area contributed by atoms with Crippen molar-refractivity contribution in [1.82, 2.24) is 0 Å². The maximum atomic E-state index is 10.4. The van der Waals surface area contributed by atoms with Gasteiger partial charge in [-0.25, -0.2) is 4.79 Å². The first-order chi connectivity index (χ1) is 9.95. The fourth-order valence-corrected chi connectivity index (χ4v) is 2.14. The lowest BCUT2D eigenvalue weighted by Gasteiger charge is -2.26. The highest BCUT2D eigenvalue weighted by molar-refractivity contribution is 5.79. The summed E-state index contributed by atoms with van der Waals surface area (Å²) in [5.74, 6) is -1.42. The fraction of sp³-hybridized carbons (Fsp3) is 0.438. The van der Waals surface area contributed by atoms with Gasteiger partial charge >= 0.3 is 5.97 Å². The van der Waals surface area contributed by atoms with Crippen molar-refractivity contribution in [2.45, 2.75) is 31.7 Å². The smallest absolute Gasteiger partial charge is 0.328 e. The zero-order valence-corrected chi connectivity index (χ0v) is 12.2. The molecule has 1 aromatic rings. The van der Waals surface area contributed by atoms with Crippen molar-refractivity contribution in [2.75, 3.05) is 7.11 Å². The van der Waals surface area contributed by atoms with Crippen LogP contribution in [0.1, 0.15) is 25.0 Å². The average molecular weight is 294 g/mol. The second-order valence-corrected chi connectivity index (χ2v) is 5.03. The van der Waals surface area contributed by atoms with Crippen molar-refractivity contribution in [3.8, 4) is 0 Å². The summed E-state index contributed by atoms with van der Waals surface area (Å²) in [7, 11) is 1.59. The van der Waals surface area contributed by atoms with Crippen molar-refractivity contribution in [2.24, 2.45) is 5.92 Å². The third-order valence-corrected chi connectivity index (χ3v) is 3.41. The van der Waals surface area contributed by atoms with E-state index in [9.17, 15) is 15.0 Å². The summed E-state index contributed by atoms with van der Waals surface area (Å²) in [4.78, 5) is 10.4. The molecule has 0 amide bonds. The normalized spacial score (nSPS) is 17.3. The van der Waals surface area contributed by atoms with E-state index in [0.29, 0.717) is 6.42 Å². The summed E-state index contributed by atoms with van der Waals surface area (Å²) >= 11 is 0. The molecule has 1 aromatic carbocycles. The highest BCUT2D eigenvalue weighted by Crippen LogP contribution is 2.27. The second kappa shape index (κ2) is 8.56. The van der Waals surface area contributed by atoms with Gasteiger partial charge < -0.3 is 20.1 Å². The number of hydrogen-bond donors (Lipinski definition) is 3. The molecule has 0 fully saturated rings. The molecule has 21 heavy (non-hydrogen) atoms. The van der Waals surface area contributed by atoms with Crippen molar-refractivity contribution < 1.29 is 24.9 Å². The van der Waals surface area contributed by atoms with Crippen molar-refractivity contribution in [1.29, 1.82) is 0 Å². The van der Waals surface area contributed by atoms with E-state index in [2.05, 4.69) is 0 Å². The number of carboxylic acid groups (broad SMARTS) is 1. The minimum atomic E-state index is -1.22. The molecule has 0 spiro atoms. The number of aliphatic carboxylic acids is 1. The Labute approximate surface area is 124 Å². The number of carboxylic acids is 1. The van der Waals surface area contributed by atoms with E-state index in [1.165, 1.54) is 0 Å². The summed E-state index contributed by atoms with van der Waals surface area (Å²) in [5.41, 5.74) is 0.995. The Kier molecular flexibility index (Phi) is 7.08. The van der Waals surface area contributed by atoms with Crippen LogP contribution in [0, 0.1) is 5.92 Å². The van der Waals surface area contributed by atoms with Crippen molar-refractivity contribution >= 4 is 5.97 Å². The summed E-state index contributed by atoms with van der Waals surface area (Å²) < 4.78 is 5.43. The summed E-state index contributed by atoms with van der Waals surface area (Å²) in [6.07, 6.45) is -0.0446. The van der Waals surface area contributed by atoms with Gasteiger partial charge in [0.15, 0.2) is 0 Å². The van der Waals surface area contributed by atoms with Crippen LogP contribution in [-0.2, 0) is 9.53 Å². The molecule has 116 valence electrons. The van der Waals surface area contributed by atoms with Gasteiger partial charge in [-0.3, -0.25) is 0 Å². The molecule has 0 saturated heterocycles. The van der Waals surface area contributed by atoms with Crippen LogP contribution >= 0.6 is 0 Å². The minimum Gasteiger partial charge on any atom is -0.478 e. The maximum Gasteiger partial charge on any atom is 0.328 e. The van der Waals surface area contributed by atoms with Gasteiger partial charge in [-0.05, 0) is 24.0 Å². The molecule has 0 heterocycles. The van der Waals surface area contributed by atoms with Crippen LogP contribution in [0.5, 0.6) is 0 Å². The van der Waals surface area contributed by atoms with Gasteiger partial charge in [-0.15, -0.1) is 0 Å². The Bertz CT molecular complexity index is 457. The number of aliphatic hydroxyl groups excluding tert-OH is 2. The maximum absolute atomic E-state index is 10.4. The van der Waals surface area contributed by atoms with Gasteiger partial charge in [0.25, 0.3) is 0 Å².